The molecule has 1 aliphatic rings. The van der Waals surface area contributed by atoms with Gasteiger partial charge in [0.25, 0.3) is 5.56 Å². The number of nitrogens with one attached hydrogen (secondary N) is 1. The highest BCUT2D eigenvalue weighted by Gasteiger charge is 2.29. The van der Waals surface area contributed by atoms with Gasteiger partial charge in [-0.3, -0.25) is 9.59 Å². The molecule has 0 aliphatic heterocycles. The lowest BCUT2D eigenvalue weighted by atomic mass is 9.81. The Balaban J connectivity index is 1.42. The molecule has 0 unspecified atom stereocenters. The second-order valence-corrected chi connectivity index (χ2v) is 9.40. The number of nitrogens with zero attached hydrogens (tertiary/aromatic N) is 1. The maximum Gasteiger partial charge on any atom is 0.258 e. The fourth-order valence-corrected chi connectivity index (χ4v) is 5.39. The van der Waals surface area contributed by atoms with Crippen LogP contribution in [0.1, 0.15) is 40.9 Å². The van der Waals surface area contributed by atoms with Crippen LogP contribution in [0.5, 0.6) is 17.2 Å². The number of H-pyrrole nitrogens is 1. The van der Waals surface area contributed by atoms with E-state index in [0.717, 1.165) is 22.6 Å². The summed E-state index contributed by atoms with van der Waals surface area (Å²) in [5.74, 6) is 1.99. The normalized spacial score (nSPS) is 14.9. The predicted octanol–water partition coefficient (Wildman–Crippen LogP) is 5.49. The molecule has 7 nitrogen and oxygen atoms in total. The quantitative estimate of drug-likeness (QED) is 0.359. The lowest BCUT2D eigenvalue weighted by Crippen LogP contribution is -2.24. The number of ketones is 1. The van der Waals surface area contributed by atoms with Gasteiger partial charge in [-0.05, 0) is 67.3 Å². The van der Waals surface area contributed by atoms with E-state index in [-0.39, 0.29) is 17.3 Å². The van der Waals surface area contributed by atoms with Gasteiger partial charge in [0.1, 0.15) is 10.8 Å². The van der Waals surface area contributed by atoms with Crippen LogP contribution < -0.4 is 19.8 Å². The Labute approximate surface area is 212 Å². The number of Topliss-reactive ketones (excluding diaryl/α,β-unsaturated/α-hetero) is 1. The third kappa shape index (κ3) is 4.52. The van der Waals surface area contributed by atoms with Crippen molar-refractivity contribution in [2.75, 3.05) is 20.8 Å². The van der Waals surface area contributed by atoms with Crippen LogP contribution in [-0.4, -0.2) is 36.6 Å². The molecule has 36 heavy (non-hydrogen) atoms. The molecule has 0 spiro atoms. The summed E-state index contributed by atoms with van der Waals surface area (Å²) in [6.45, 7) is 2.55. The second-order valence-electron chi connectivity index (χ2n) is 8.54. The fourth-order valence-electron chi connectivity index (χ4n) is 4.55. The third-order valence-electron chi connectivity index (χ3n) is 6.38. The van der Waals surface area contributed by atoms with Gasteiger partial charge in [-0.25, -0.2) is 4.98 Å². The molecule has 184 valence electrons. The predicted molar refractivity (Wildman–Crippen MR) is 140 cm³/mol. The first-order chi connectivity index (χ1) is 17.5. The van der Waals surface area contributed by atoms with Crippen LogP contribution in [0.3, 0.4) is 0 Å². The summed E-state index contributed by atoms with van der Waals surface area (Å²) >= 11 is 1.38. The van der Waals surface area contributed by atoms with Gasteiger partial charge < -0.3 is 19.2 Å². The van der Waals surface area contributed by atoms with Gasteiger partial charge in [-0.2, -0.15) is 0 Å². The minimum Gasteiger partial charge on any atom is -0.494 e. The molecule has 2 aromatic heterocycles. The summed E-state index contributed by atoms with van der Waals surface area (Å²) in [4.78, 5) is 33.8. The van der Waals surface area contributed by atoms with Gasteiger partial charge in [-0.1, -0.05) is 6.07 Å². The minimum absolute atomic E-state index is 0.00294. The van der Waals surface area contributed by atoms with Crippen molar-refractivity contribution < 1.29 is 19.0 Å². The van der Waals surface area contributed by atoms with Gasteiger partial charge in [0, 0.05) is 28.6 Å². The standard InChI is InChI=1S/C28H26N2O5S/c1-4-35-19-8-5-16(6-9-19)23-15-36-28(30-23)21-14-20-22(29-27(21)32)11-18(12-24(20)31)17-7-10-25(33-2)26(13-17)34-3/h5-10,13-15,18H,4,11-12H2,1-3H3,(H,29,32)/t18-/m1/s1. The van der Waals surface area contributed by atoms with E-state index >= 15 is 0 Å². The Kier molecular flexibility index (Phi) is 6.61. The molecule has 8 heteroatoms. The van der Waals surface area contributed by atoms with Crippen molar-refractivity contribution in [2.24, 2.45) is 0 Å². The highest BCUT2D eigenvalue weighted by Crippen LogP contribution is 2.37. The van der Waals surface area contributed by atoms with E-state index in [1.807, 2.05) is 54.8 Å². The van der Waals surface area contributed by atoms with Gasteiger partial charge in [-0.15, -0.1) is 11.3 Å². The van der Waals surface area contributed by atoms with Crippen molar-refractivity contribution in [1.82, 2.24) is 9.97 Å². The first-order valence-electron chi connectivity index (χ1n) is 11.7. The first kappa shape index (κ1) is 23.8. The average molecular weight is 503 g/mol. The van der Waals surface area contributed by atoms with Crippen molar-refractivity contribution in [3.05, 3.63) is 81.1 Å². The maximum absolute atomic E-state index is 13.1. The molecule has 0 saturated heterocycles. The topological polar surface area (TPSA) is 90.5 Å². The summed E-state index contributed by atoms with van der Waals surface area (Å²) < 4.78 is 16.2. The molecule has 0 bridgehead atoms. The Morgan fingerprint density at radius 3 is 2.47 bits per heavy atom. The molecule has 0 saturated carbocycles. The largest absolute Gasteiger partial charge is 0.494 e. The number of rotatable bonds is 7. The first-order valence-corrected chi connectivity index (χ1v) is 12.6. The van der Waals surface area contributed by atoms with E-state index in [4.69, 9.17) is 14.2 Å². The van der Waals surface area contributed by atoms with E-state index in [2.05, 4.69) is 9.97 Å². The smallest absolute Gasteiger partial charge is 0.258 e. The van der Waals surface area contributed by atoms with Crippen molar-refractivity contribution >= 4 is 17.1 Å². The van der Waals surface area contributed by atoms with E-state index in [1.165, 1.54) is 11.3 Å². The number of pyridine rings is 1. The van der Waals surface area contributed by atoms with Crippen LogP contribution >= 0.6 is 11.3 Å². The molecular weight excluding hydrogens is 476 g/mol. The number of aromatic amines is 1. The van der Waals surface area contributed by atoms with E-state index in [1.54, 1.807) is 20.3 Å². The lowest BCUT2D eigenvalue weighted by molar-refractivity contribution is 0.0963. The lowest BCUT2D eigenvalue weighted by Gasteiger charge is -2.24. The van der Waals surface area contributed by atoms with Crippen LogP contribution in [-0.2, 0) is 6.42 Å². The summed E-state index contributed by atoms with van der Waals surface area (Å²) in [5, 5.41) is 2.50. The van der Waals surface area contributed by atoms with Crippen molar-refractivity contribution in [3.8, 4) is 39.1 Å². The van der Waals surface area contributed by atoms with Crippen molar-refractivity contribution in [2.45, 2.75) is 25.7 Å². The van der Waals surface area contributed by atoms with Gasteiger partial charge in [0.05, 0.1) is 32.1 Å². The van der Waals surface area contributed by atoms with E-state index in [9.17, 15) is 9.59 Å². The number of hydrogen-bond acceptors (Lipinski definition) is 7. The molecule has 1 N–H and O–H groups in total. The molecular formula is C28H26N2O5S. The number of hydrogen-bond donors (Lipinski definition) is 1. The SMILES string of the molecule is CCOc1ccc(-c2csc(-c3cc4c([nH]c3=O)C[C@@H](c3ccc(OC)c(OC)c3)CC4=O)n2)cc1. The molecule has 2 heterocycles. The molecule has 1 atom stereocenters. The van der Waals surface area contributed by atoms with Crippen LogP contribution in [0, 0.1) is 0 Å². The van der Waals surface area contributed by atoms with Crippen LogP contribution in [0.2, 0.25) is 0 Å². The van der Waals surface area contributed by atoms with Crippen molar-refractivity contribution in [3.63, 3.8) is 0 Å². The summed E-state index contributed by atoms with van der Waals surface area (Å²) in [7, 11) is 3.17. The summed E-state index contributed by atoms with van der Waals surface area (Å²) in [6, 6.07) is 15.1. The molecule has 5 rings (SSSR count). The third-order valence-corrected chi connectivity index (χ3v) is 7.26. The Hall–Kier alpha value is -3.91. The molecule has 0 amide bonds. The van der Waals surface area contributed by atoms with Gasteiger partial charge >= 0.3 is 0 Å². The summed E-state index contributed by atoms with van der Waals surface area (Å²) in [5.41, 5.74) is 4.05. The van der Waals surface area contributed by atoms with Crippen LogP contribution in [0.4, 0.5) is 0 Å². The Morgan fingerprint density at radius 2 is 1.75 bits per heavy atom. The highest BCUT2D eigenvalue weighted by atomic mass is 32.1. The number of thiazole rings is 1. The van der Waals surface area contributed by atoms with E-state index < -0.39 is 0 Å². The zero-order valence-electron chi connectivity index (χ0n) is 20.3. The highest BCUT2D eigenvalue weighted by molar-refractivity contribution is 7.13. The maximum atomic E-state index is 13.1. The zero-order chi connectivity index (χ0) is 25.2. The molecule has 4 aromatic rings. The summed E-state index contributed by atoms with van der Waals surface area (Å²) in [6.07, 6.45) is 0.907. The van der Waals surface area contributed by atoms with E-state index in [0.29, 0.717) is 52.8 Å². The number of aromatic nitrogens is 2. The minimum atomic E-state index is -0.248. The number of methoxy groups -OCH3 is 2. The number of carbonyl (C=O) groups excluding carboxylic acids is 1. The monoisotopic (exact) mass is 502 g/mol. The molecule has 2 aromatic carbocycles. The fraction of sp³-hybridized carbons (Fsp3) is 0.250. The second kappa shape index (κ2) is 9.99. The van der Waals surface area contributed by atoms with Gasteiger partial charge in [0.2, 0.25) is 0 Å². The molecule has 0 fully saturated rings. The number of benzene rings is 2. The van der Waals surface area contributed by atoms with Crippen molar-refractivity contribution in [1.29, 1.82) is 0 Å². The number of ether oxygens (including phenoxy) is 3. The number of fused-ring (bicyclic) bond motifs is 1. The zero-order valence-corrected chi connectivity index (χ0v) is 21.1. The van der Waals surface area contributed by atoms with Gasteiger partial charge in [0.15, 0.2) is 17.3 Å². The average Bonchev–Trinajstić information content (AvgIpc) is 3.38. The Bertz CT molecular complexity index is 1470. The van der Waals surface area contributed by atoms with Crippen LogP contribution in [0.15, 0.2) is 58.7 Å². The van der Waals surface area contributed by atoms with Crippen LogP contribution in [0.25, 0.3) is 21.8 Å². The Morgan fingerprint density at radius 1 is 0.972 bits per heavy atom. The molecule has 0 radical (unpaired) electrons. The molecule has 1 aliphatic carbocycles. The number of carbonyl (C=O) groups is 1.